The van der Waals surface area contributed by atoms with Crippen LogP contribution in [-0.4, -0.2) is 4.92 Å². The molecule has 106 valence electrons. The predicted octanol–water partition coefficient (Wildman–Crippen LogP) is 4.51. The second-order valence-electron chi connectivity index (χ2n) is 4.21. The molecule has 20 heavy (non-hydrogen) atoms. The van der Waals surface area contributed by atoms with Crippen molar-refractivity contribution in [1.29, 1.82) is 0 Å². The van der Waals surface area contributed by atoms with Gasteiger partial charge in [-0.25, -0.2) is 8.78 Å². The Labute approximate surface area is 118 Å². The highest BCUT2D eigenvalue weighted by Crippen LogP contribution is 2.31. The molecule has 0 spiro atoms. The van der Waals surface area contributed by atoms with Crippen molar-refractivity contribution in [2.75, 3.05) is 5.32 Å². The molecule has 0 radical (unpaired) electrons. The second kappa shape index (κ2) is 5.96. The lowest BCUT2D eigenvalue weighted by atomic mass is 10.1. The van der Waals surface area contributed by atoms with E-state index >= 15 is 0 Å². The molecule has 1 aromatic heterocycles. The van der Waals surface area contributed by atoms with E-state index in [0.29, 0.717) is 6.54 Å². The minimum Gasteiger partial charge on any atom is -0.380 e. The summed E-state index contributed by atoms with van der Waals surface area (Å²) in [5, 5.41) is 15.5. The lowest BCUT2D eigenvalue weighted by molar-refractivity contribution is -0.385. The number of nitrogens with zero attached hydrogens (tertiary/aromatic N) is 1. The van der Waals surface area contributed by atoms with E-state index in [1.54, 1.807) is 0 Å². The van der Waals surface area contributed by atoms with Crippen LogP contribution in [0.4, 0.5) is 20.2 Å². The van der Waals surface area contributed by atoms with Gasteiger partial charge in [0, 0.05) is 34.8 Å². The molecule has 0 fully saturated rings. The van der Waals surface area contributed by atoms with Crippen LogP contribution in [0, 0.1) is 17.0 Å². The molecule has 1 aromatic carbocycles. The van der Waals surface area contributed by atoms with Crippen molar-refractivity contribution in [1.82, 2.24) is 0 Å². The standard InChI is InChI=1S/C13H12F2N2O2S/c1-8-4-5-20-12(8)7-16-11-3-2-9(17(18)19)6-10(11)13(14)15/h2-6,13,16H,7H2,1H3. The van der Waals surface area contributed by atoms with E-state index in [2.05, 4.69) is 5.32 Å². The first-order valence-electron chi connectivity index (χ1n) is 5.82. The van der Waals surface area contributed by atoms with E-state index in [-0.39, 0.29) is 16.9 Å². The molecule has 0 aliphatic carbocycles. The van der Waals surface area contributed by atoms with E-state index < -0.39 is 11.3 Å². The van der Waals surface area contributed by atoms with E-state index in [1.165, 1.54) is 23.5 Å². The highest BCUT2D eigenvalue weighted by molar-refractivity contribution is 7.10. The number of hydrogen-bond donors (Lipinski definition) is 1. The topological polar surface area (TPSA) is 55.2 Å². The van der Waals surface area contributed by atoms with E-state index in [0.717, 1.165) is 16.5 Å². The quantitative estimate of drug-likeness (QED) is 0.652. The van der Waals surface area contributed by atoms with Gasteiger partial charge in [-0.15, -0.1) is 11.3 Å². The Morgan fingerprint density at radius 1 is 1.40 bits per heavy atom. The Balaban J connectivity index is 2.22. The summed E-state index contributed by atoms with van der Waals surface area (Å²) in [5.74, 6) is 0. The van der Waals surface area contributed by atoms with Crippen molar-refractivity contribution >= 4 is 22.7 Å². The van der Waals surface area contributed by atoms with Crippen molar-refractivity contribution in [2.24, 2.45) is 0 Å². The largest absolute Gasteiger partial charge is 0.380 e. The minimum atomic E-state index is -2.76. The molecule has 0 aliphatic rings. The fourth-order valence-corrected chi connectivity index (χ4v) is 2.61. The second-order valence-corrected chi connectivity index (χ2v) is 5.21. The Morgan fingerprint density at radius 2 is 2.15 bits per heavy atom. The van der Waals surface area contributed by atoms with Crippen LogP contribution in [-0.2, 0) is 6.54 Å². The molecule has 1 heterocycles. The number of halogens is 2. The van der Waals surface area contributed by atoms with E-state index in [9.17, 15) is 18.9 Å². The molecule has 0 unspecified atom stereocenters. The average Bonchev–Trinajstić information content (AvgIpc) is 2.81. The van der Waals surface area contributed by atoms with Crippen LogP contribution in [0.2, 0.25) is 0 Å². The first-order chi connectivity index (χ1) is 9.49. The number of nitrogens with one attached hydrogen (secondary N) is 1. The van der Waals surface area contributed by atoms with Crippen LogP contribution in [0.5, 0.6) is 0 Å². The summed E-state index contributed by atoms with van der Waals surface area (Å²) in [7, 11) is 0. The normalized spacial score (nSPS) is 10.8. The van der Waals surface area contributed by atoms with Crippen molar-refractivity contribution in [3.63, 3.8) is 0 Å². The number of anilines is 1. The van der Waals surface area contributed by atoms with Crippen LogP contribution >= 0.6 is 11.3 Å². The third-order valence-electron chi connectivity index (χ3n) is 2.89. The van der Waals surface area contributed by atoms with Gasteiger partial charge in [0.15, 0.2) is 0 Å². The SMILES string of the molecule is Cc1ccsc1CNc1ccc([N+](=O)[O-])cc1C(F)F. The molecule has 2 rings (SSSR count). The van der Waals surface area contributed by atoms with Crippen LogP contribution in [0.15, 0.2) is 29.6 Å². The van der Waals surface area contributed by atoms with Gasteiger partial charge < -0.3 is 5.32 Å². The molecular formula is C13H12F2N2O2S. The van der Waals surface area contributed by atoms with Gasteiger partial charge >= 0.3 is 0 Å². The summed E-state index contributed by atoms with van der Waals surface area (Å²) in [5.41, 5.74) is 0.618. The van der Waals surface area contributed by atoms with Gasteiger partial charge in [-0.2, -0.15) is 0 Å². The summed E-state index contributed by atoms with van der Waals surface area (Å²) in [6.07, 6.45) is -2.76. The smallest absolute Gasteiger partial charge is 0.270 e. The summed E-state index contributed by atoms with van der Waals surface area (Å²) >= 11 is 1.53. The zero-order valence-corrected chi connectivity index (χ0v) is 11.4. The molecule has 0 atom stereocenters. The maximum absolute atomic E-state index is 13.0. The molecule has 4 nitrogen and oxygen atoms in total. The van der Waals surface area contributed by atoms with Crippen LogP contribution in [0.25, 0.3) is 0 Å². The van der Waals surface area contributed by atoms with Crippen molar-refractivity contribution in [2.45, 2.75) is 19.9 Å². The maximum atomic E-state index is 13.0. The van der Waals surface area contributed by atoms with Crippen molar-refractivity contribution in [3.05, 3.63) is 55.8 Å². The fraction of sp³-hybridized carbons (Fsp3) is 0.231. The summed E-state index contributed by atoms with van der Waals surface area (Å²) in [6, 6.07) is 5.40. The van der Waals surface area contributed by atoms with Crippen LogP contribution in [0.3, 0.4) is 0 Å². The number of hydrogen-bond acceptors (Lipinski definition) is 4. The van der Waals surface area contributed by atoms with Gasteiger partial charge in [-0.3, -0.25) is 10.1 Å². The van der Waals surface area contributed by atoms with Crippen molar-refractivity contribution in [3.8, 4) is 0 Å². The number of benzene rings is 1. The number of non-ortho nitro benzene ring substituents is 1. The Morgan fingerprint density at radius 3 is 2.70 bits per heavy atom. The number of nitro benzene ring substituents is 1. The lowest BCUT2D eigenvalue weighted by Gasteiger charge is -2.11. The number of thiophene rings is 1. The van der Waals surface area contributed by atoms with Crippen LogP contribution < -0.4 is 5.32 Å². The molecule has 0 amide bonds. The molecule has 2 aromatic rings. The maximum Gasteiger partial charge on any atom is 0.270 e. The Hall–Kier alpha value is -2.02. The number of rotatable bonds is 5. The number of aryl methyl sites for hydroxylation is 1. The van der Waals surface area contributed by atoms with Gasteiger partial charge in [-0.1, -0.05) is 0 Å². The molecule has 0 saturated carbocycles. The molecule has 0 bridgehead atoms. The first kappa shape index (κ1) is 14.4. The van der Waals surface area contributed by atoms with Crippen molar-refractivity contribution < 1.29 is 13.7 Å². The molecular weight excluding hydrogens is 286 g/mol. The van der Waals surface area contributed by atoms with Gasteiger partial charge in [0.05, 0.1) is 4.92 Å². The van der Waals surface area contributed by atoms with E-state index in [4.69, 9.17) is 0 Å². The van der Waals surface area contributed by atoms with Gasteiger partial charge in [0.25, 0.3) is 12.1 Å². The van der Waals surface area contributed by atoms with Gasteiger partial charge in [0.1, 0.15) is 0 Å². The molecule has 1 N–H and O–H groups in total. The molecule has 0 saturated heterocycles. The lowest BCUT2D eigenvalue weighted by Crippen LogP contribution is -2.03. The first-order valence-corrected chi connectivity index (χ1v) is 6.70. The molecule has 7 heteroatoms. The van der Waals surface area contributed by atoms with Crippen LogP contribution in [0.1, 0.15) is 22.4 Å². The minimum absolute atomic E-state index is 0.221. The summed E-state index contributed by atoms with van der Waals surface area (Å²) in [4.78, 5) is 11.0. The fourth-order valence-electron chi connectivity index (χ4n) is 1.77. The Kier molecular flexibility index (Phi) is 4.29. The average molecular weight is 298 g/mol. The number of nitro groups is 1. The third-order valence-corrected chi connectivity index (χ3v) is 3.91. The predicted molar refractivity (Wildman–Crippen MR) is 74.4 cm³/mol. The zero-order valence-electron chi connectivity index (χ0n) is 10.6. The van der Waals surface area contributed by atoms with Gasteiger partial charge in [0.2, 0.25) is 0 Å². The zero-order chi connectivity index (χ0) is 14.7. The Bertz CT molecular complexity index is 629. The summed E-state index contributed by atoms with van der Waals surface area (Å²) in [6.45, 7) is 2.36. The highest BCUT2D eigenvalue weighted by atomic mass is 32.1. The highest BCUT2D eigenvalue weighted by Gasteiger charge is 2.18. The van der Waals surface area contributed by atoms with E-state index in [1.807, 2.05) is 18.4 Å². The monoisotopic (exact) mass is 298 g/mol. The third kappa shape index (κ3) is 3.11. The molecule has 0 aliphatic heterocycles. The number of alkyl halides is 2. The van der Waals surface area contributed by atoms with Gasteiger partial charge in [-0.05, 0) is 30.0 Å². The summed E-state index contributed by atoms with van der Waals surface area (Å²) < 4.78 is 25.9.